The summed E-state index contributed by atoms with van der Waals surface area (Å²) in [5, 5.41) is 0. The third kappa shape index (κ3) is 38.6. The summed E-state index contributed by atoms with van der Waals surface area (Å²) in [4.78, 5) is 80.8. The molecule has 0 radical (unpaired) electrons. The zero-order chi connectivity index (χ0) is 57.3. The van der Waals surface area contributed by atoms with Crippen LogP contribution in [0.3, 0.4) is 0 Å². The van der Waals surface area contributed by atoms with Crippen molar-refractivity contribution >= 4 is 43.0 Å². The number of methoxy groups -OCH3 is 2. The van der Waals surface area contributed by atoms with Gasteiger partial charge in [-0.05, 0) is 87.4 Å². The third-order valence-electron chi connectivity index (χ3n) is 15.8. The molecule has 77 heavy (non-hydrogen) atoms. The Labute approximate surface area is 467 Å². The molecular weight excluding hydrogens is 983 g/mol. The highest BCUT2D eigenvalue weighted by Crippen LogP contribution is 2.34. The van der Waals surface area contributed by atoms with Gasteiger partial charge in [0.2, 0.25) is 0 Å². The van der Waals surface area contributed by atoms with Gasteiger partial charge < -0.3 is 47.6 Å². The lowest BCUT2D eigenvalue weighted by atomic mass is 9.81. The summed E-state index contributed by atoms with van der Waals surface area (Å²) in [6.45, 7) is 18.8. The minimum atomic E-state index is -0.684. The van der Waals surface area contributed by atoms with Gasteiger partial charge in [0.1, 0.15) is 18.2 Å². The van der Waals surface area contributed by atoms with Crippen LogP contribution in [0.5, 0.6) is 0 Å². The van der Waals surface area contributed by atoms with Gasteiger partial charge in [0, 0.05) is 53.0 Å². The molecule has 4 aliphatic rings. The molecule has 15 nitrogen and oxygen atoms in total. The summed E-state index contributed by atoms with van der Waals surface area (Å²) in [7, 11) is 3.10. The van der Waals surface area contributed by atoms with Crippen molar-refractivity contribution in [2.24, 2.45) is 59.2 Å². The highest BCUT2D eigenvalue weighted by molar-refractivity contribution is 5.72. The maximum atomic E-state index is 12.3. The number of hydrogen-bond acceptors (Lipinski definition) is 14. The van der Waals surface area contributed by atoms with E-state index in [1.165, 1.54) is 128 Å². The molecule has 0 aliphatic heterocycles. The topological polar surface area (TPSA) is 187 Å². The second kappa shape index (κ2) is 44.2. The van der Waals surface area contributed by atoms with E-state index in [1.807, 2.05) is 0 Å². The van der Waals surface area contributed by atoms with Gasteiger partial charge in [0.25, 0.3) is 6.47 Å². The van der Waals surface area contributed by atoms with Crippen LogP contribution in [0.15, 0.2) is 0 Å². The molecule has 15 heteroatoms. The maximum absolute atomic E-state index is 12.3. The lowest BCUT2D eigenvalue weighted by Crippen LogP contribution is -2.39. The quantitative estimate of drug-likeness (QED) is 0.0375. The normalized spacial score (nSPS) is 23.9. The lowest BCUT2D eigenvalue weighted by molar-refractivity contribution is -0.151. The van der Waals surface area contributed by atoms with E-state index in [1.54, 1.807) is 27.9 Å². The van der Waals surface area contributed by atoms with Crippen molar-refractivity contribution in [1.82, 2.24) is 4.90 Å². The molecule has 2 unspecified atom stereocenters. The van der Waals surface area contributed by atoms with Crippen LogP contribution in [0.4, 0.5) is 4.79 Å². The molecule has 4 aliphatic carbocycles. The van der Waals surface area contributed by atoms with Crippen molar-refractivity contribution < 1.29 is 66.7 Å². The van der Waals surface area contributed by atoms with Crippen LogP contribution >= 0.6 is 0 Å². The maximum Gasteiger partial charge on any atom is 0.410 e. The molecule has 0 aromatic carbocycles. The summed E-state index contributed by atoms with van der Waals surface area (Å²) in [6, 6.07) is 0. The first kappa shape index (κ1) is 71.4. The second-order valence-electron chi connectivity index (χ2n) is 24.4. The Kier molecular flexibility index (Phi) is 41.0. The van der Waals surface area contributed by atoms with Gasteiger partial charge in [-0.25, -0.2) is 4.79 Å². The van der Waals surface area contributed by atoms with Crippen molar-refractivity contribution in [3.63, 3.8) is 0 Å². The van der Waals surface area contributed by atoms with Crippen molar-refractivity contribution in [2.75, 3.05) is 67.0 Å². The van der Waals surface area contributed by atoms with Crippen LogP contribution in [0.2, 0.25) is 0 Å². The number of ether oxygens (including phenoxy) is 7. The summed E-state index contributed by atoms with van der Waals surface area (Å²) >= 11 is 0. The number of rotatable bonds is 30. The van der Waals surface area contributed by atoms with E-state index in [4.69, 9.17) is 33.2 Å². The van der Waals surface area contributed by atoms with Crippen molar-refractivity contribution in [3.8, 4) is 0 Å². The molecule has 4 fully saturated rings. The summed E-state index contributed by atoms with van der Waals surface area (Å²) in [6.07, 6.45) is 30.0. The zero-order valence-electron chi connectivity index (χ0n) is 50.2. The van der Waals surface area contributed by atoms with Gasteiger partial charge in [-0.15, -0.1) is 0 Å². The first-order valence-corrected chi connectivity index (χ1v) is 30.2. The van der Waals surface area contributed by atoms with E-state index in [2.05, 4.69) is 34.6 Å². The minimum absolute atomic E-state index is 0.0429. The number of carbonyl (C=O) groups excluding carboxylic acids is 7. The molecule has 0 saturated heterocycles. The first-order chi connectivity index (χ1) is 36.8. The molecule has 0 spiro atoms. The number of nitrogens with zero attached hydrogens (tertiary/aromatic N) is 1. The van der Waals surface area contributed by atoms with Crippen LogP contribution in [0.1, 0.15) is 222 Å². The Morgan fingerprint density at radius 1 is 0.481 bits per heavy atom. The van der Waals surface area contributed by atoms with Gasteiger partial charge in [-0.1, -0.05) is 150 Å². The standard InChI is InChI=1S/C26H45NO8.C16H28O5.C10H18O.C10H20/c1-20-7-9-21(10-8-20)11-12-23(29)33-18-22(17-32-5)19-34-24(30)13-15-27(14-6-16-28)25(31)35-26(2,3)4;1-13-3-5-14(6-4-13)7-8-16(18)21-11-15(9-19-2)10-20-12-17;1-9-4-6-10(7-5-9)3-2-8-11;1-3-4-10-7-5-9(2)6-8-10/h16,20-22H,6-15,17-19H2,1-5H3;12-15H,3-11H2,1-2H3;8-10H,2-7H2,1H3;9-10H,3-8H2,1-2H3. The van der Waals surface area contributed by atoms with Crippen molar-refractivity contribution in [2.45, 2.75) is 228 Å². The molecule has 4 saturated carbocycles. The van der Waals surface area contributed by atoms with Gasteiger partial charge in [0.15, 0.2) is 0 Å². The molecule has 0 heterocycles. The average molecular weight is 1090 g/mol. The van der Waals surface area contributed by atoms with E-state index >= 15 is 0 Å². The number of carbonyl (C=O) groups is 7. The fourth-order valence-corrected chi connectivity index (χ4v) is 10.7. The summed E-state index contributed by atoms with van der Waals surface area (Å²) < 4.78 is 36.2. The monoisotopic (exact) mass is 1090 g/mol. The average Bonchev–Trinajstić information content (AvgIpc) is 3.40. The predicted octanol–water partition coefficient (Wildman–Crippen LogP) is 13.1. The SMILES string of the molecule is CC1CCC(CCC=O)CC1.CCCC1CCC(C)CC1.COCC(COC(=O)CCC1CCC(C)CC1)COC(=O)CCN(CCC=O)C(=O)OC(C)(C)C.COCC(COC=O)COC(=O)CCC1CCC(C)CC1. The van der Waals surface area contributed by atoms with E-state index < -0.39 is 17.7 Å². The van der Waals surface area contributed by atoms with E-state index in [0.717, 1.165) is 67.5 Å². The lowest BCUT2D eigenvalue weighted by Gasteiger charge is -2.27. The van der Waals surface area contributed by atoms with Crippen LogP contribution in [-0.2, 0) is 61.9 Å². The Morgan fingerprint density at radius 2 is 0.844 bits per heavy atom. The third-order valence-corrected chi connectivity index (χ3v) is 15.8. The Balaban J connectivity index is 0.000000587. The van der Waals surface area contributed by atoms with Crippen LogP contribution < -0.4 is 0 Å². The molecule has 2 atom stereocenters. The van der Waals surface area contributed by atoms with Gasteiger partial charge >= 0.3 is 24.0 Å². The molecule has 0 N–H and O–H groups in total. The van der Waals surface area contributed by atoms with E-state index in [-0.39, 0.29) is 82.7 Å². The highest BCUT2D eigenvalue weighted by Gasteiger charge is 2.25. The fraction of sp³-hybridized carbons (Fsp3) is 0.887. The number of hydrogen-bond donors (Lipinski definition) is 0. The Bertz CT molecular complexity index is 1540. The fourth-order valence-electron chi connectivity index (χ4n) is 10.7. The van der Waals surface area contributed by atoms with Gasteiger partial charge in [-0.3, -0.25) is 19.2 Å². The molecule has 0 aromatic heterocycles. The Hall–Kier alpha value is -3.59. The molecule has 0 aromatic rings. The number of aldehydes is 2. The Morgan fingerprint density at radius 3 is 1.19 bits per heavy atom. The van der Waals surface area contributed by atoms with Crippen LogP contribution in [-0.4, -0.2) is 120 Å². The van der Waals surface area contributed by atoms with Crippen molar-refractivity contribution in [3.05, 3.63) is 0 Å². The largest absolute Gasteiger partial charge is 0.467 e. The van der Waals surface area contributed by atoms with Crippen molar-refractivity contribution in [1.29, 1.82) is 0 Å². The van der Waals surface area contributed by atoms with Gasteiger partial charge in [-0.2, -0.15) is 0 Å². The molecule has 0 bridgehead atoms. The molecule has 448 valence electrons. The van der Waals surface area contributed by atoms with Crippen LogP contribution in [0, 0.1) is 59.2 Å². The first-order valence-electron chi connectivity index (χ1n) is 30.2. The minimum Gasteiger partial charge on any atom is -0.467 e. The van der Waals surface area contributed by atoms with E-state index in [0.29, 0.717) is 44.0 Å². The summed E-state index contributed by atoms with van der Waals surface area (Å²) in [5.41, 5.74) is -0.684. The molecular formula is C62H111NO14. The smallest absolute Gasteiger partial charge is 0.410 e. The van der Waals surface area contributed by atoms with Crippen LogP contribution in [0.25, 0.3) is 0 Å². The second-order valence-corrected chi connectivity index (χ2v) is 24.4. The van der Waals surface area contributed by atoms with E-state index in [9.17, 15) is 33.6 Å². The zero-order valence-corrected chi connectivity index (χ0v) is 50.2. The number of amides is 1. The number of esters is 3. The van der Waals surface area contributed by atoms with Gasteiger partial charge in [0.05, 0.1) is 57.9 Å². The molecule has 1 amide bonds. The summed E-state index contributed by atoms with van der Waals surface area (Å²) in [5.74, 6) is 5.51. The molecule has 4 rings (SSSR count). The highest BCUT2D eigenvalue weighted by atomic mass is 16.6. The predicted molar refractivity (Wildman–Crippen MR) is 302 cm³/mol.